The van der Waals surface area contributed by atoms with E-state index in [2.05, 4.69) is 9.72 Å². The molecule has 1 saturated heterocycles. The Morgan fingerprint density at radius 1 is 1.34 bits per heavy atom. The number of nitriles is 1. The Morgan fingerprint density at radius 2 is 2.00 bits per heavy atom. The molecule has 9 nitrogen and oxygen atoms in total. The molecule has 1 aliphatic rings. The Kier molecular flexibility index (Phi) is 7.93. The number of thiophene rings is 1. The van der Waals surface area contributed by atoms with Gasteiger partial charge in [0.1, 0.15) is 16.1 Å². The SMILES string of the molecule is CCOC(=O)c1cc(C#N)c(N2CCC(C(=O)NS(=O)(=O)c3ccc(Cl)s3)CC2)nc1C(F)(F)F. The van der Waals surface area contributed by atoms with E-state index in [9.17, 15) is 36.4 Å². The molecular weight excluding hydrogens is 533 g/mol. The van der Waals surface area contributed by atoms with Gasteiger partial charge in [-0.3, -0.25) is 4.79 Å². The Balaban J connectivity index is 1.79. The highest BCUT2D eigenvalue weighted by molar-refractivity contribution is 7.92. The third-order valence-corrected chi connectivity index (χ3v) is 8.17. The normalized spacial score (nSPS) is 14.9. The molecule has 1 aliphatic heterocycles. The first kappa shape index (κ1) is 26.7. The third-order valence-electron chi connectivity index (χ3n) is 5.10. The Morgan fingerprint density at radius 3 is 2.51 bits per heavy atom. The maximum absolute atomic E-state index is 13.6. The maximum atomic E-state index is 13.6. The van der Waals surface area contributed by atoms with Gasteiger partial charge in [0.25, 0.3) is 10.0 Å². The second kappa shape index (κ2) is 10.4. The molecule has 1 fully saturated rings. The van der Waals surface area contributed by atoms with Gasteiger partial charge in [0, 0.05) is 19.0 Å². The molecule has 0 saturated carbocycles. The van der Waals surface area contributed by atoms with Crippen molar-refractivity contribution in [1.82, 2.24) is 9.71 Å². The van der Waals surface area contributed by atoms with Crippen LogP contribution in [0.1, 0.15) is 41.4 Å². The molecule has 35 heavy (non-hydrogen) atoms. The fraction of sp³-hybridized carbons (Fsp3) is 0.400. The lowest BCUT2D eigenvalue weighted by Crippen LogP contribution is -2.42. The monoisotopic (exact) mass is 550 g/mol. The topological polar surface area (TPSA) is 129 Å². The summed E-state index contributed by atoms with van der Waals surface area (Å²) in [7, 11) is -4.11. The van der Waals surface area contributed by atoms with E-state index < -0.39 is 45.3 Å². The van der Waals surface area contributed by atoms with Crippen molar-refractivity contribution in [1.29, 1.82) is 5.26 Å². The van der Waals surface area contributed by atoms with Crippen LogP contribution in [-0.4, -0.2) is 45.0 Å². The van der Waals surface area contributed by atoms with Crippen LogP contribution in [0.3, 0.4) is 0 Å². The van der Waals surface area contributed by atoms with Gasteiger partial charge in [0.05, 0.1) is 22.1 Å². The van der Waals surface area contributed by atoms with E-state index in [-0.39, 0.29) is 52.5 Å². The molecule has 2 aromatic rings. The number of aromatic nitrogens is 1. The second-order valence-corrected chi connectivity index (χ2v) is 11.0. The molecule has 2 aromatic heterocycles. The number of rotatable bonds is 6. The largest absolute Gasteiger partial charge is 0.462 e. The lowest BCUT2D eigenvalue weighted by atomic mass is 9.96. The molecule has 188 valence electrons. The summed E-state index contributed by atoms with van der Waals surface area (Å²) in [6.07, 6.45) is -4.79. The number of pyridine rings is 1. The van der Waals surface area contributed by atoms with Gasteiger partial charge in [-0.25, -0.2) is 22.9 Å². The van der Waals surface area contributed by atoms with Crippen molar-refractivity contribution in [3.05, 3.63) is 39.4 Å². The van der Waals surface area contributed by atoms with Crippen LogP contribution >= 0.6 is 22.9 Å². The molecule has 0 atom stereocenters. The van der Waals surface area contributed by atoms with Crippen molar-refractivity contribution in [2.45, 2.75) is 30.2 Å². The van der Waals surface area contributed by atoms with Crippen LogP contribution in [0.4, 0.5) is 19.0 Å². The number of hydrogen-bond donors (Lipinski definition) is 1. The summed E-state index contributed by atoms with van der Waals surface area (Å²) in [5.41, 5.74) is -2.61. The van der Waals surface area contributed by atoms with Crippen LogP contribution in [0.2, 0.25) is 4.34 Å². The van der Waals surface area contributed by atoms with E-state index in [1.54, 1.807) is 6.07 Å². The van der Waals surface area contributed by atoms with Crippen LogP contribution in [0, 0.1) is 17.2 Å². The van der Waals surface area contributed by atoms with Gasteiger partial charge in [0.2, 0.25) is 5.91 Å². The number of halogens is 4. The number of ether oxygens (including phenoxy) is 1. The molecule has 0 aliphatic carbocycles. The quantitative estimate of drug-likeness (QED) is 0.540. The van der Waals surface area contributed by atoms with E-state index >= 15 is 0 Å². The molecule has 0 bridgehead atoms. The molecule has 1 amide bonds. The molecule has 1 N–H and O–H groups in total. The second-order valence-electron chi connectivity index (χ2n) is 7.38. The standard InChI is InChI=1S/C20H18ClF3N4O5S2/c1-2-33-19(30)13-9-12(10-25)17(26-16(13)20(22,23)24)28-7-5-11(6-8-28)18(29)27-35(31,32)15-4-3-14(21)34-15/h3-4,9,11H,2,5-8H2,1H3,(H,27,29). The number of hydrogen-bond acceptors (Lipinski definition) is 9. The summed E-state index contributed by atoms with van der Waals surface area (Å²) < 4.78 is 72.3. The van der Waals surface area contributed by atoms with E-state index in [0.29, 0.717) is 0 Å². The fourth-order valence-corrected chi connectivity index (χ4v) is 6.00. The third kappa shape index (κ3) is 6.03. The summed E-state index contributed by atoms with van der Waals surface area (Å²) in [6, 6.07) is 5.18. The van der Waals surface area contributed by atoms with Crippen LogP contribution in [0.25, 0.3) is 0 Å². The van der Waals surface area contributed by atoms with Gasteiger partial charge in [-0.15, -0.1) is 11.3 Å². The number of alkyl halides is 3. The van der Waals surface area contributed by atoms with E-state index in [4.69, 9.17) is 11.6 Å². The Labute approximate surface area is 207 Å². The number of carbonyl (C=O) groups excluding carboxylic acids is 2. The summed E-state index contributed by atoms with van der Waals surface area (Å²) in [5, 5.41) is 9.47. The maximum Gasteiger partial charge on any atom is 0.434 e. The van der Waals surface area contributed by atoms with Gasteiger partial charge in [0.15, 0.2) is 5.69 Å². The summed E-state index contributed by atoms with van der Waals surface area (Å²) >= 11 is 6.53. The zero-order chi connectivity index (χ0) is 26.0. The first-order valence-electron chi connectivity index (χ1n) is 10.1. The summed E-state index contributed by atoms with van der Waals surface area (Å²) in [4.78, 5) is 29.5. The van der Waals surface area contributed by atoms with Gasteiger partial charge < -0.3 is 9.64 Å². The number of esters is 1. The van der Waals surface area contributed by atoms with Gasteiger partial charge in [-0.2, -0.15) is 18.4 Å². The van der Waals surface area contributed by atoms with Crippen molar-refractivity contribution < 1.29 is 35.9 Å². The molecule has 0 spiro atoms. The molecule has 3 rings (SSSR count). The van der Waals surface area contributed by atoms with Crippen molar-refractivity contribution in [3.8, 4) is 6.07 Å². The van der Waals surface area contributed by atoms with Crippen molar-refractivity contribution in [2.24, 2.45) is 5.92 Å². The average molecular weight is 551 g/mol. The smallest absolute Gasteiger partial charge is 0.434 e. The number of nitrogens with zero attached hydrogens (tertiary/aromatic N) is 3. The molecular formula is C20H18ClF3N4O5S2. The highest BCUT2D eigenvalue weighted by Gasteiger charge is 2.40. The molecule has 0 radical (unpaired) electrons. The van der Waals surface area contributed by atoms with E-state index in [1.807, 2.05) is 4.72 Å². The first-order valence-corrected chi connectivity index (χ1v) is 12.8. The summed E-state index contributed by atoms with van der Waals surface area (Å²) in [6.45, 7) is 1.32. The van der Waals surface area contributed by atoms with Gasteiger partial charge >= 0.3 is 12.1 Å². The van der Waals surface area contributed by atoms with Crippen LogP contribution in [0.15, 0.2) is 22.4 Å². The van der Waals surface area contributed by atoms with Crippen LogP contribution < -0.4 is 9.62 Å². The van der Waals surface area contributed by atoms with Crippen molar-refractivity contribution in [3.63, 3.8) is 0 Å². The summed E-state index contributed by atoms with van der Waals surface area (Å²) in [5.74, 6) is -3.02. The zero-order valence-electron chi connectivity index (χ0n) is 18.1. The minimum atomic E-state index is -4.98. The Hall–Kier alpha value is -2.89. The predicted molar refractivity (Wildman–Crippen MR) is 120 cm³/mol. The Bertz CT molecular complexity index is 1280. The van der Waals surface area contributed by atoms with E-state index in [1.165, 1.54) is 24.0 Å². The van der Waals surface area contributed by atoms with Crippen LogP contribution in [-0.2, 0) is 25.7 Å². The highest BCUT2D eigenvalue weighted by Crippen LogP contribution is 2.35. The van der Waals surface area contributed by atoms with Gasteiger partial charge in [-0.05, 0) is 38.0 Å². The highest BCUT2D eigenvalue weighted by atomic mass is 35.5. The molecule has 0 aromatic carbocycles. The number of amides is 1. The average Bonchev–Trinajstić information content (AvgIpc) is 3.25. The first-order chi connectivity index (χ1) is 16.4. The van der Waals surface area contributed by atoms with E-state index in [0.717, 1.165) is 17.4 Å². The number of carbonyl (C=O) groups is 2. The predicted octanol–water partition coefficient (Wildman–Crippen LogP) is 3.59. The minimum absolute atomic E-state index is 0.0285. The minimum Gasteiger partial charge on any atom is -0.462 e. The van der Waals surface area contributed by atoms with Crippen molar-refractivity contribution >= 4 is 50.7 Å². The number of nitrogens with one attached hydrogen (secondary N) is 1. The number of piperidine rings is 1. The molecule has 0 unspecified atom stereocenters. The number of sulfonamides is 1. The lowest BCUT2D eigenvalue weighted by Gasteiger charge is -2.33. The fourth-order valence-electron chi connectivity index (χ4n) is 3.47. The van der Waals surface area contributed by atoms with Gasteiger partial charge in [-0.1, -0.05) is 11.6 Å². The molecule has 3 heterocycles. The number of anilines is 1. The van der Waals surface area contributed by atoms with Crippen molar-refractivity contribution in [2.75, 3.05) is 24.6 Å². The molecule has 15 heteroatoms. The van der Waals surface area contributed by atoms with Crippen LogP contribution in [0.5, 0.6) is 0 Å². The zero-order valence-corrected chi connectivity index (χ0v) is 20.4. The lowest BCUT2D eigenvalue weighted by molar-refractivity contribution is -0.141.